The van der Waals surface area contributed by atoms with Gasteiger partial charge in [0.05, 0.1) is 0 Å². The molecule has 31 heavy (non-hydrogen) atoms. The Bertz CT molecular complexity index is 1230. The highest BCUT2D eigenvalue weighted by atomic mass is 32.2. The second kappa shape index (κ2) is 8.55. The average Bonchev–Trinajstić information content (AvgIpc) is 3.23. The standard InChI is InChI=1S/C19H18F2N6O2S2/c20-14-9-17(31(28,29)26-19-24-11-25-30-19)15(21)7-13(14)10-27-6-2-1-3-16(27)12-4-5-23-18(22)8-12/h3-5,7-9,11H,1-2,6,10H2,(H2,22,23)(H,24,25,26). The number of sulfonamides is 1. The minimum Gasteiger partial charge on any atom is -0.384 e. The van der Waals surface area contributed by atoms with E-state index < -0.39 is 26.6 Å². The van der Waals surface area contributed by atoms with Crippen LogP contribution >= 0.6 is 11.5 Å². The van der Waals surface area contributed by atoms with Gasteiger partial charge in [0.25, 0.3) is 10.0 Å². The van der Waals surface area contributed by atoms with Crippen LogP contribution in [-0.2, 0) is 16.6 Å². The molecule has 3 N–H and O–H groups in total. The summed E-state index contributed by atoms with van der Waals surface area (Å²) < 4.78 is 60.1. The molecule has 0 atom stereocenters. The Kier molecular flexibility index (Phi) is 5.83. The van der Waals surface area contributed by atoms with Crippen LogP contribution in [0.25, 0.3) is 5.70 Å². The Morgan fingerprint density at radius 2 is 2.03 bits per heavy atom. The number of allylic oxidation sites excluding steroid dienone is 1. The summed E-state index contributed by atoms with van der Waals surface area (Å²) >= 11 is 0.786. The van der Waals surface area contributed by atoms with Crippen molar-refractivity contribution in [2.24, 2.45) is 0 Å². The van der Waals surface area contributed by atoms with E-state index in [0.29, 0.717) is 18.4 Å². The molecule has 0 amide bonds. The van der Waals surface area contributed by atoms with Crippen molar-refractivity contribution in [2.75, 3.05) is 17.0 Å². The number of pyridine rings is 1. The summed E-state index contributed by atoms with van der Waals surface area (Å²) in [7, 11) is -4.35. The zero-order valence-corrected chi connectivity index (χ0v) is 17.8. The molecule has 162 valence electrons. The molecule has 0 radical (unpaired) electrons. The highest BCUT2D eigenvalue weighted by molar-refractivity contribution is 7.93. The summed E-state index contributed by atoms with van der Waals surface area (Å²) in [6.45, 7) is 0.703. The van der Waals surface area contributed by atoms with Crippen molar-refractivity contribution in [3.63, 3.8) is 0 Å². The van der Waals surface area contributed by atoms with Gasteiger partial charge in [-0.2, -0.15) is 4.37 Å². The lowest BCUT2D eigenvalue weighted by molar-refractivity contribution is 0.362. The lowest BCUT2D eigenvalue weighted by atomic mass is 10.0. The lowest BCUT2D eigenvalue weighted by Crippen LogP contribution is -2.26. The van der Waals surface area contributed by atoms with Crippen LogP contribution in [0.4, 0.5) is 19.7 Å². The van der Waals surface area contributed by atoms with E-state index in [9.17, 15) is 17.2 Å². The molecule has 0 aliphatic carbocycles. The molecule has 0 saturated carbocycles. The van der Waals surface area contributed by atoms with Crippen molar-refractivity contribution in [1.82, 2.24) is 19.2 Å². The number of anilines is 2. The molecule has 1 aliphatic heterocycles. The number of nitrogens with two attached hydrogens (primary N) is 1. The Morgan fingerprint density at radius 1 is 1.19 bits per heavy atom. The van der Waals surface area contributed by atoms with Crippen molar-refractivity contribution in [1.29, 1.82) is 0 Å². The van der Waals surface area contributed by atoms with Gasteiger partial charge in [-0.05, 0) is 37.1 Å². The Morgan fingerprint density at radius 3 is 2.77 bits per heavy atom. The first kappa shape index (κ1) is 21.1. The summed E-state index contributed by atoms with van der Waals surface area (Å²) in [5, 5.41) is -0.0383. The number of nitrogens with one attached hydrogen (secondary N) is 1. The van der Waals surface area contributed by atoms with E-state index >= 15 is 0 Å². The maximum atomic E-state index is 14.8. The molecule has 0 unspecified atom stereocenters. The predicted octanol–water partition coefficient (Wildman–Crippen LogP) is 3.23. The van der Waals surface area contributed by atoms with Crippen molar-refractivity contribution in [2.45, 2.75) is 24.3 Å². The number of benzene rings is 1. The monoisotopic (exact) mass is 464 g/mol. The van der Waals surface area contributed by atoms with E-state index in [0.717, 1.165) is 48.0 Å². The Hall–Kier alpha value is -3.12. The normalized spacial score (nSPS) is 14.4. The van der Waals surface area contributed by atoms with E-state index in [4.69, 9.17) is 5.73 Å². The lowest BCUT2D eigenvalue weighted by Gasteiger charge is -2.31. The van der Waals surface area contributed by atoms with Crippen molar-refractivity contribution in [3.8, 4) is 0 Å². The van der Waals surface area contributed by atoms with E-state index in [-0.39, 0.29) is 17.2 Å². The van der Waals surface area contributed by atoms with Crippen LogP contribution in [0.5, 0.6) is 0 Å². The summed E-state index contributed by atoms with van der Waals surface area (Å²) in [5.41, 5.74) is 7.49. The van der Waals surface area contributed by atoms with Crippen LogP contribution in [-0.4, -0.2) is 34.2 Å². The highest BCUT2D eigenvalue weighted by Gasteiger charge is 2.25. The van der Waals surface area contributed by atoms with E-state index in [2.05, 4.69) is 19.1 Å². The smallest absolute Gasteiger partial charge is 0.266 e. The zero-order chi connectivity index (χ0) is 22.0. The van der Waals surface area contributed by atoms with Gasteiger partial charge in [0.2, 0.25) is 5.13 Å². The number of hydrogen-bond acceptors (Lipinski definition) is 8. The fraction of sp³-hybridized carbons (Fsp3) is 0.211. The van der Waals surface area contributed by atoms with Gasteiger partial charge < -0.3 is 10.6 Å². The molecular formula is C19H18F2N6O2S2. The second-order valence-electron chi connectivity index (χ2n) is 6.85. The molecule has 0 spiro atoms. The minimum atomic E-state index is -4.35. The van der Waals surface area contributed by atoms with Crippen molar-refractivity contribution in [3.05, 3.63) is 65.6 Å². The molecule has 8 nitrogen and oxygen atoms in total. The van der Waals surface area contributed by atoms with Crippen LogP contribution in [0, 0.1) is 11.6 Å². The van der Waals surface area contributed by atoms with Crippen LogP contribution in [0.2, 0.25) is 0 Å². The molecule has 1 aliphatic rings. The Balaban J connectivity index is 1.61. The van der Waals surface area contributed by atoms with Crippen LogP contribution in [0.1, 0.15) is 24.0 Å². The van der Waals surface area contributed by atoms with E-state index in [1.807, 2.05) is 11.0 Å². The fourth-order valence-electron chi connectivity index (χ4n) is 3.33. The van der Waals surface area contributed by atoms with Gasteiger partial charge >= 0.3 is 0 Å². The van der Waals surface area contributed by atoms with Gasteiger partial charge in [0, 0.05) is 47.6 Å². The number of rotatable bonds is 6. The zero-order valence-electron chi connectivity index (χ0n) is 16.1. The molecule has 0 bridgehead atoms. The molecule has 3 aromatic rings. The summed E-state index contributed by atoms with van der Waals surface area (Å²) in [6, 6.07) is 5.12. The van der Waals surface area contributed by atoms with Crippen molar-refractivity contribution >= 4 is 38.2 Å². The molecule has 4 rings (SSSR count). The van der Waals surface area contributed by atoms with E-state index in [1.54, 1.807) is 18.3 Å². The average molecular weight is 465 g/mol. The van der Waals surface area contributed by atoms with Crippen LogP contribution < -0.4 is 10.5 Å². The third-order valence-corrected chi connectivity index (χ3v) is 6.79. The molecule has 3 heterocycles. The third-order valence-electron chi connectivity index (χ3n) is 4.72. The number of hydrogen-bond donors (Lipinski definition) is 2. The van der Waals surface area contributed by atoms with Gasteiger partial charge in [0.1, 0.15) is 28.7 Å². The fourth-order valence-corrected chi connectivity index (χ4v) is 5.07. The van der Waals surface area contributed by atoms with Crippen LogP contribution in [0.15, 0.2) is 47.8 Å². The van der Waals surface area contributed by atoms with Gasteiger partial charge in [-0.25, -0.2) is 27.2 Å². The molecular weight excluding hydrogens is 446 g/mol. The molecule has 12 heteroatoms. The van der Waals surface area contributed by atoms with Gasteiger partial charge in [0.15, 0.2) is 0 Å². The van der Waals surface area contributed by atoms with Gasteiger partial charge in [-0.1, -0.05) is 6.08 Å². The first-order chi connectivity index (χ1) is 14.8. The summed E-state index contributed by atoms with van der Waals surface area (Å²) in [6.07, 6.45) is 6.45. The van der Waals surface area contributed by atoms with Crippen LogP contribution in [0.3, 0.4) is 0 Å². The quantitative estimate of drug-likeness (QED) is 0.576. The molecule has 0 saturated heterocycles. The van der Waals surface area contributed by atoms with Gasteiger partial charge in [-0.15, -0.1) is 0 Å². The summed E-state index contributed by atoms with van der Waals surface area (Å²) in [4.78, 5) is 8.79. The van der Waals surface area contributed by atoms with E-state index in [1.165, 1.54) is 0 Å². The van der Waals surface area contributed by atoms with Crippen molar-refractivity contribution < 1.29 is 17.2 Å². The number of aromatic nitrogens is 3. The third kappa shape index (κ3) is 4.64. The molecule has 2 aromatic heterocycles. The predicted molar refractivity (Wildman–Crippen MR) is 113 cm³/mol. The highest BCUT2D eigenvalue weighted by Crippen LogP contribution is 2.29. The first-order valence-corrected chi connectivity index (χ1v) is 11.5. The SMILES string of the molecule is Nc1cc(C2=CCCCN2Cc2cc(F)c(S(=O)(=O)Nc3ncns3)cc2F)ccn1. The minimum absolute atomic E-state index is 0.0383. The molecule has 0 fully saturated rings. The second-order valence-corrected chi connectivity index (χ2v) is 9.28. The number of nitrogens with zero attached hydrogens (tertiary/aromatic N) is 4. The Labute approximate surface area is 181 Å². The first-order valence-electron chi connectivity index (χ1n) is 9.28. The number of halogens is 2. The maximum Gasteiger partial charge on any atom is 0.266 e. The topological polar surface area (TPSA) is 114 Å². The number of nitrogen functional groups attached to an aromatic ring is 1. The molecule has 1 aromatic carbocycles. The van der Waals surface area contributed by atoms with Gasteiger partial charge in [-0.3, -0.25) is 4.72 Å². The maximum absolute atomic E-state index is 14.8. The summed E-state index contributed by atoms with van der Waals surface area (Å²) in [5.74, 6) is -1.51. The largest absolute Gasteiger partial charge is 0.384 e.